The van der Waals surface area contributed by atoms with Crippen LogP contribution in [0.5, 0.6) is 0 Å². The largest absolute Gasteiger partial charge is 0.382 e. The second-order valence-electron chi connectivity index (χ2n) is 7.22. The van der Waals surface area contributed by atoms with Crippen LogP contribution >= 0.6 is 34.4 Å². The Morgan fingerprint density at radius 2 is 2.19 bits per heavy atom. The molecule has 0 aliphatic heterocycles. The van der Waals surface area contributed by atoms with Crippen molar-refractivity contribution in [2.45, 2.75) is 49.0 Å². The van der Waals surface area contributed by atoms with E-state index >= 15 is 0 Å². The van der Waals surface area contributed by atoms with E-state index in [1.165, 1.54) is 18.1 Å². The van der Waals surface area contributed by atoms with E-state index in [1.807, 2.05) is 16.7 Å². The molecule has 0 radical (unpaired) electrons. The Balaban J connectivity index is 1.64. The van der Waals surface area contributed by atoms with Gasteiger partial charge < -0.3 is 10.3 Å². The summed E-state index contributed by atoms with van der Waals surface area (Å²) in [5.41, 5.74) is 8.91. The lowest BCUT2D eigenvalue weighted by atomic mass is 10.1. The Morgan fingerprint density at radius 3 is 2.97 bits per heavy atom. The highest BCUT2D eigenvalue weighted by molar-refractivity contribution is 14.1. The molecule has 1 aliphatic rings. The van der Waals surface area contributed by atoms with Gasteiger partial charge in [-0.2, -0.15) is 0 Å². The molecule has 1 unspecified atom stereocenters. The first kappa shape index (κ1) is 22.7. The van der Waals surface area contributed by atoms with Gasteiger partial charge in [0.05, 0.1) is 5.75 Å². The summed E-state index contributed by atoms with van der Waals surface area (Å²) in [6, 6.07) is 3.95. The zero-order chi connectivity index (χ0) is 22.2. The minimum absolute atomic E-state index is 0.0399. The Bertz CT molecular complexity index is 1230. The fourth-order valence-electron chi connectivity index (χ4n) is 3.51. The van der Waals surface area contributed by atoms with E-state index < -0.39 is 16.2 Å². The van der Waals surface area contributed by atoms with Gasteiger partial charge in [-0.15, -0.1) is 0 Å². The third-order valence-electron chi connectivity index (χ3n) is 5.19. The number of aromatic nitrogens is 4. The number of anilines is 1. The summed E-state index contributed by atoms with van der Waals surface area (Å²) in [5.74, 6) is 0.322. The fourth-order valence-corrected chi connectivity index (χ4v) is 6.00. The van der Waals surface area contributed by atoms with Gasteiger partial charge in [0.2, 0.25) is 10.0 Å². The lowest BCUT2D eigenvalue weighted by Crippen LogP contribution is -2.27. The summed E-state index contributed by atoms with van der Waals surface area (Å²) in [7, 11) is -3.25. The zero-order valence-corrected chi connectivity index (χ0v) is 20.6. The number of fused-ring (bicyclic) bond motifs is 2. The molecule has 2 heterocycles. The Labute approximate surface area is 197 Å². The van der Waals surface area contributed by atoms with Crippen LogP contribution in [0.1, 0.15) is 37.1 Å². The molecule has 3 aromatic rings. The molecular formula is C19H22FIN6O2S2. The highest BCUT2D eigenvalue weighted by Crippen LogP contribution is 2.41. The third kappa shape index (κ3) is 4.81. The average Bonchev–Trinajstić information content (AvgIpc) is 3.27. The molecule has 2 aromatic heterocycles. The van der Waals surface area contributed by atoms with E-state index in [4.69, 9.17) is 5.73 Å². The van der Waals surface area contributed by atoms with Crippen LogP contribution in [-0.4, -0.2) is 40.2 Å². The number of hydrogen-bond acceptors (Lipinski definition) is 7. The molecule has 1 atom stereocenters. The molecule has 0 bridgehead atoms. The quantitative estimate of drug-likeness (QED) is 0.312. The van der Waals surface area contributed by atoms with E-state index in [0.717, 1.165) is 26.0 Å². The molecule has 3 N–H and O–H groups in total. The predicted octanol–water partition coefficient (Wildman–Crippen LogP) is 3.45. The number of aryl methyl sites for hydroxylation is 2. The molecule has 1 aliphatic carbocycles. The number of imidazole rings is 1. The minimum atomic E-state index is -3.25. The van der Waals surface area contributed by atoms with Gasteiger partial charge in [-0.1, -0.05) is 11.8 Å². The number of benzene rings is 1. The van der Waals surface area contributed by atoms with Crippen molar-refractivity contribution in [2.75, 3.05) is 18.0 Å². The second kappa shape index (κ2) is 9.16. The van der Waals surface area contributed by atoms with Crippen LogP contribution in [0.15, 0.2) is 28.5 Å². The van der Waals surface area contributed by atoms with Crippen molar-refractivity contribution < 1.29 is 12.8 Å². The number of sulfonamides is 1. The van der Waals surface area contributed by atoms with Crippen LogP contribution < -0.4 is 10.5 Å². The standard InChI is InChI=1S/C19H22FIN6O2S2/c1-2-31(28,29)25-6-3-7-27-18-16(17(22)23-10-24-18)26-19(27)30-15-9-12-11(8-14(15)21)4-5-13(12)20/h8-10,13,25H,2-7H2,1H3,(H2,22,23,24). The SMILES string of the molecule is CCS(=O)(=O)NCCCn1c(Sc2cc3c(cc2I)CCC3F)nc2c(N)ncnc21. The lowest BCUT2D eigenvalue weighted by molar-refractivity contribution is 0.343. The van der Waals surface area contributed by atoms with Crippen molar-refractivity contribution in [2.24, 2.45) is 0 Å². The maximum absolute atomic E-state index is 14.3. The van der Waals surface area contributed by atoms with E-state index in [0.29, 0.717) is 42.3 Å². The Kier molecular flexibility index (Phi) is 6.70. The molecule has 0 fully saturated rings. The topological polar surface area (TPSA) is 116 Å². The monoisotopic (exact) mass is 576 g/mol. The van der Waals surface area contributed by atoms with Crippen LogP contribution in [0.4, 0.5) is 10.2 Å². The minimum Gasteiger partial charge on any atom is -0.382 e. The number of nitrogens with one attached hydrogen (secondary N) is 1. The van der Waals surface area contributed by atoms with Gasteiger partial charge in [-0.25, -0.2) is 32.5 Å². The van der Waals surface area contributed by atoms with Crippen molar-refractivity contribution >= 4 is 61.4 Å². The molecule has 1 aromatic carbocycles. The number of nitrogens with two attached hydrogens (primary N) is 1. The first-order chi connectivity index (χ1) is 14.8. The van der Waals surface area contributed by atoms with Gasteiger partial charge >= 0.3 is 0 Å². The highest BCUT2D eigenvalue weighted by Gasteiger charge is 2.24. The fraction of sp³-hybridized carbons (Fsp3) is 0.421. The van der Waals surface area contributed by atoms with Crippen molar-refractivity contribution in [3.8, 4) is 0 Å². The van der Waals surface area contributed by atoms with Crippen LogP contribution in [-0.2, 0) is 23.0 Å². The summed E-state index contributed by atoms with van der Waals surface area (Å²) in [5, 5.41) is 0.659. The van der Waals surface area contributed by atoms with Gasteiger partial charge in [0.15, 0.2) is 22.1 Å². The van der Waals surface area contributed by atoms with Crippen molar-refractivity contribution in [3.63, 3.8) is 0 Å². The predicted molar refractivity (Wildman–Crippen MR) is 127 cm³/mol. The Hall–Kier alpha value is -1.51. The van der Waals surface area contributed by atoms with Gasteiger partial charge in [0, 0.05) is 21.6 Å². The van der Waals surface area contributed by atoms with Gasteiger partial charge in [0.25, 0.3) is 0 Å². The molecule has 12 heteroatoms. The van der Waals surface area contributed by atoms with Crippen LogP contribution in [0.2, 0.25) is 0 Å². The second-order valence-corrected chi connectivity index (χ2v) is 11.5. The first-order valence-corrected chi connectivity index (χ1v) is 13.4. The summed E-state index contributed by atoms with van der Waals surface area (Å²) < 4.78 is 43.1. The molecule has 0 saturated heterocycles. The number of nitrogens with zero attached hydrogens (tertiary/aromatic N) is 4. The molecule has 31 heavy (non-hydrogen) atoms. The van der Waals surface area contributed by atoms with Crippen LogP contribution in [0, 0.1) is 3.57 Å². The van der Waals surface area contributed by atoms with Crippen molar-refractivity contribution in [3.05, 3.63) is 33.2 Å². The lowest BCUT2D eigenvalue weighted by Gasteiger charge is -2.11. The summed E-state index contributed by atoms with van der Waals surface area (Å²) in [4.78, 5) is 13.9. The molecule has 0 amide bonds. The highest BCUT2D eigenvalue weighted by atomic mass is 127. The summed E-state index contributed by atoms with van der Waals surface area (Å²) in [6.45, 7) is 2.40. The molecule has 0 saturated carbocycles. The molecule has 166 valence electrons. The molecular weight excluding hydrogens is 554 g/mol. The van der Waals surface area contributed by atoms with E-state index in [1.54, 1.807) is 6.92 Å². The average molecular weight is 576 g/mol. The van der Waals surface area contributed by atoms with E-state index in [-0.39, 0.29) is 11.6 Å². The number of alkyl halides is 1. The normalized spacial score (nSPS) is 16.2. The maximum atomic E-state index is 14.3. The van der Waals surface area contributed by atoms with Gasteiger partial charge in [-0.05, 0) is 72.0 Å². The molecule has 8 nitrogen and oxygen atoms in total. The maximum Gasteiger partial charge on any atom is 0.211 e. The zero-order valence-electron chi connectivity index (χ0n) is 16.8. The van der Waals surface area contributed by atoms with Crippen molar-refractivity contribution in [1.82, 2.24) is 24.2 Å². The summed E-state index contributed by atoms with van der Waals surface area (Å²) >= 11 is 3.69. The van der Waals surface area contributed by atoms with Gasteiger partial charge in [0.1, 0.15) is 12.5 Å². The summed E-state index contributed by atoms with van der Waals surface area (Å²) in [6.07, 6.45) is 2.29. The number of halogens is 2. The number of rotatable bonds is 8. The van der Waals surface area contributed by atoms with Crippen LogP contribution in [0.25, 0.3) is 11.2 Å². The molecule has 0 spiro atoms. The van der Waals surface area contributed by atoms with Crippen molar-refractivity contribution in [1.29, 1.82) is 0 Å². The van der Waals surface area contributed by atoms with Gasteiger partial charge in [-0.3, -0.25) is 0 Å². The van der Waals surface area contributed by atoms with E-state index in [9.17, 15) is 12.8 Å². The molecule has 4 rings (SSSR count). The number of hydrogen-bond donors (Lipinski definition) is 2. The number of nitrogen functional groups attached to an aromatic ring is 1. The van der Waals surface area contributed by atoms with Crippen LogP contribution in [0.3, 0.4) is 0 Å². The third-order valence-corrected chi connectivity index (χ3v) is 8.90. The smallest absolute Gasteiger partial charge is 0.211 e. The first-order valence-electron chi connectivity index (χ1n) is 9.87. The van der Waals surface area contributed by atoms with E-state index in [2.05, 4.69) is 42.3 Å². The Morgan fingerprint density at radius 1 is 1.39 bits per heavy atom.